The average molecular weight is 337 g/mol. The molecule has 1 heterocycles. The first-order valence-corrected chi connectivity index (χ1v) is 8.89. The molecule has 1 unspecified atom stereocenters. The molecule has 0 N–H and O–H groups in total. The molecule has 0 amide bonds. The largest absolute Gasteiger partial charge is 0.492 e. The Kier molecular flexibility index (Phi) is 4.12. The summed E-state index contributed by atoms with van der Waals surface area (Å²) in [5, 5.41) is 0. The van der Waals surface area contributed by atoms with Crippen LogP contribution in [-0.4, -0.2) is 6.61 Å². The van der Waals surface area contributed by atoms with Crippen LogP contribution in [-0.2, 0) is 5.41 Å². The molecule has 20 heavy (non-hydrogen) atoms. The lowest BCUT2D eigenvalue weighted by atomic mass is 9.83. The van der Waals surface area contributed by atoms with E-state index in [0.29, 0.717) is 4.83 Å². The van der Waals surface area contributed by atoms with E-state index >= 15 is 0 Å². The Morgan fingerprint density at radius 2 is 2.00 bits per heavy atom. The molecule has 1 saturated carbocycles. The molecule has 1 fully saturated rings. The van der Waals surface area contributed by atoms with Gasteiger partial charge in [0.25, 0.3) is 0 Å². The number of hydrogen-bond acceptors (Lipinski definition) is 1. The molecule has 2 heteroatoms. The second-order valence-corrected chi connectivity index (χ2v) is 8.24. The minimum atomic E-state index is 0.156. The SMILES string of the molecule is CC1(C)COc2ccc(C(Br)CC3CCCCC3)cc21. The molecule has 3 rings (SSSR count). The third-order valence-electron chi connectivity index (χ3n) is 4.95. The second-order valence-electron chi connectivity index (χ2n) is 7.14. The van der Waals surface area contributed by atoms with Crippen molar-refractivity contribution in [3.63, 3.8) is 0 Å². The number of halogens is 1. The lowest BCUT2D eigenvalue weighted by Crippen LogP contribution is -2.18. The Balaban J connectivity index is 1.73. The standard InChI is InChI=1S/C18H25BrO/c1-18(2)12-20-17-9-8-14(11-15(17)18)16(19)10-13-6-4-3-5-7-13/h8-9,11,13,16H,3-7,10,12H2,1-2H3. The third-order valence-corrected chi connectivity index (χ3v) is 5.85. The van der Waals surface area contributed by atoms with Crippen molar-refractivity contribution < 1.29 is 4.74 Å². The summed E-state index contributed by atoms with van der Waals surface area (Å²) < 4.78 is 5.78. The first-order chi connectivity index (χ1) is 9.56. The van der Waals surface area contributed by atoms with Gasteiger partial charge in [-0.25, -0.2) is 0 Å². The molecule has 1 aromatic rings. The van der Waals surface area contributed by atoms with E-state index in [2.05, 4.69) is 48.0 Å². The average Bonchev–Trinajstić information content (AvgIpc) is 2.75. The van der Waals surface area contributed by atoms with Crippen molar-refractivity contribution in [2.75, 3.05) is 6.61 Å². The van der Waals surface area contributed by atoms with E-state index in [1.807, 2.05) is 0 Å². The van der Waals surface area contributed by atoms with E-state index in [1.54, 1.807) is 0 Å². The van der Waals surface area contributed by atoms with Gasteiger partial charge >= 0.3 is 0 Å². The van der Waals surface area contributed by atoms with Crippen molar-refractivity contribution in [1.82, 2.24) is 0 Å². The van der Waals surface area contributed by atoms with Crippen molar-refractivity contribution in [3.05, 3.63) is 29.3 Å². The summed E-state index contributed by atoms with van der Waals surface area (Å²) in [5.74, 6) is 1.99. The van der Waals surface area contributed by atoms with Crippen LogP contribution in [0.3, 0.4) is 0 Å². The first kappa shape index (κ1) is 14.4. The predicted molar refractivity (Wildman–Crippen MR) is 87.8 cm³/mol. The highest BCUT2D eigenvalue weighted by molar-refractivity contribution is 9.09. The first-order valence-electron chi connectivity index (χ1n) is 7.97. The highest BCUT2D eigenvalue weighted by Gasteiger charge is 2.32. The van der Waals surface area contributed by atoms with Gasteiger partial charge in [0.2, 0.25) is 0 Å². The zero-order chi connectivity index (χ0) is 14.2. The van der Waals surface area contributed by atoms with Gasteiger partial charge in [-0.2, -0.15) is 0 Å². The van der Waals surface area contributed by atoms with Gasteiger partial charge in [-0.3, -0.25) is 0 Å². The topological polar surface area (TPSA) is 9.23 Å². The second kappa shape index (κ2) is 5.71. The molecular weight excluding hydrogens is 312 g/mol. The Labute approximate surface area is 131 Å². The van der Waals surface area contributed by atoms with E-state index < -0.39 is 0 Å². The highest BCUT2D eigenvalue weighted by Crippen LogP contribution is 2.42. The van der Waals surface area contributed by atoms with E-state index in [0.717, 1.165) is 18.3 Å². The number of rotatable bonds is 3. The number of benzene rings is 1. The maximum atomic E-state index is 5.78. The van der Waals surface area contributed by atoms with Crippen LogP contribution in [0.15, 0.2) is 18.2 Å². The molecule has 1 atom stereocenters. The lowest BCUT2D eigenvalue weighted by Gasteiger charge is -2.24. The molecule has 2 aliphatic rings. The van der Waals surface area contributed by atoms with Crippen molar-refractivity contribution in [1.29, 1.82) is 0 Å². The number of ether oxygens (including phenoxy) is 1. The van der Waals surface area contributed by atoms with Crippen LogP contribution < -0.4 is 4.74 Å². The summed E-state index contributed by atoms with van der Waals surface area (Å²) in [4.78, 5) is 0.493. The van der Waals surface area contributed by atoms with E-state index in [-0.39, 0.29) is 5.41 Å². The Morgan fingerprint density at radius 3 is 2.75 bits per heavy atom. The summed E-state index contributed by atoms with van der Waals surface area (Å²) in [5.41, 5.74) is 2.96. The smallest absolute Gasteiger partial charge is 0.123 e. The lowest BCUT2D eigenvalue weighted by molar-refractivity contribution is 0.291. The third kappa shape index (κ3) is 2.90. The monoisotopic (exact) mass is 336 g/mol. The minimum absolute atomic E-state index is 0.156. The quantitative estimate of drug-likeness (QED) is 0.637. The maximum absolute atomic E-state index is 5.78. The van der Waals surface area contributed by atoms with Gasteiger partial charge < -0.3 is 4.74 Å². The molecule has 1 aliphatic heterocycles. The van der Waals surface area contributed by atoms with Crippen LogP contribution in [0.25, 0.3) is 0 Å². The van der Waals surface area contributed by atoms with Gasteiger partial charge in [0.05, 0.1) is 6.61 Å². The van der Waals surface area contributed by atoms with Gasteiger partial charge in [-0.15, -0.1) is 0 Å². The number of hydrogen-bond donors (Lipinski definition) is 0. The molecule has 0 radical (unpaired) electrons. The fourth-order valence-electron chi connectivity index (χ4n) is 3.58. The summed E-state index contributed by atoms with van der Waals surface area (Å²) in [6.45, 7) is 5.35. The molecule has 1 aliphatic carbocycles. The van der Waals surface area contributed by atoms with Crippen molar-refractivity contribution >= 4 is 15.9 Å². The normalized spacial score (nSPS) is 23.1. The van der Waals surface area contributed by atoms with Crippen LogP contribution in [0.2, 0.25) is 0 Å². The molecule has 1 aromatic carbocycles. The van der Waals surface area contributed by atoms with Crippen molar-refractivity contribution in [3.8, 4) is 5.75 Å². The minimum Gasteiger partial charge on any atom is -0.492 e. The predicted octanol–water partition coefficient (Wildman–Crippen LogP) is 5.76. The van der Waals surface area contributed by atoms with Gasteiger partial charge in [0.1, 0.15) is 5.75 Å². The molecule has 1 nitrogen and oxygen atoms in total. The fraction of sp³-hybridized carbons (Fsp3) is 0.667. The van der Waals surface area contributed by atoms with E-state index in [1.165, 1.54) is 49.7 Å². The van der Waals surface area contributed by atoms with Crippen LogP contribution >= 0.6 is 15.9 Å². The molecule has 110 valence electrons. The number of alkyl halides is 1. The molecule has 0 spiro atoms. The Bertz CT molecular complexity index is 474. The summed E-state index contributed by atoms with van der Waals surface area (Å²) in [6.07, 6.45) is 8.40. The van der Waals surface area contributed by atoms with Gasteiger partial charge in [0.15, 0.2) is 0 Å². The fourth-order valence-corrected chi connectivity index (χ4v) is 4.40. The van der Waals surface area contributed by atoms with Crippen LogP contribution in [0.5, 0.6) is 5.75 Å². The van der Waals surface area contributed by atoms with E-state index in [9.17, 15) is 0 Å². The molecular formula is C18H25BrO. The van der Waals surface area contributed by atoms with Crippen LogP contribution in [0, 0.1) is 5.92 Å². The van der Waals surface area contributed by atoms with Crippen LogP contribution in [0.4, 0.5) is 0 Å². The van der Waals surface area contributed by atoms with Crippen molar-refractivity contribution in [2.24, 2.45) is 5.92 Å². The van der Waals surface area contributed by atoms with Gasteiger partial charge in [-0.05, 0) is 24.0 Å². The summed E-state index contributed by atoms with van der Waals surface area (Å²) >= 11 is 3.93. The maximum Gasteiger partial charge on any atom is 0.123 e. The molecule has 0 aromatic heterocycles. The van der Waals surface area contributed by atoms with E-state index in [4.69, 9.17) is 4.74 Å². The van der Waals surface area contributed by atoms with Gasteiger partial charge in [-0.1, -0.05) is 74.0 Å². The number of fused-ring (bicyclic) bond motifs is 1. The Morgan fingerprint density at radius 1 is 1.25 bits per heavy atom. The zero-order valence-electron chi connectivity index (χ0n) is 12.6. The zero-order valence-corrected chi connectivity index (χ0v) is 14.2. The Hall–Kier alpha value is -0.500. The molecule has 0 bridgehead atoms. The van der Waals surface area contributed by atoms with Crippen molar-refractivity contribution in [2.45, 2.75) is 62.6 Å². The summed E-state index contributed by atoms with van der Waals surface area (Å²) in [6, 6.07) is 6.77. The summed E-state index contributed by atoms with van der Waals surface area (Å²) in [7, 11) is 0. The highest BCUT2D eigenvalue weighted by atomic mass is 79.9. The molecule has 0 saturated heterocycles. The van der Waals surface area contributed by atoms with Gasteiger partial charge in [0, 0.05) is 15.8 Å². The van der Waals surface area contributed by atoms with Crippen LogP contribution in [0.1, 0.15) is 68.3 Å².